The normalized spacial score (nSPS) is 21.8. The summed E-state index contributed by atoms with van der Waals surface area (Å²) in [5.41, 5.74) is 1.72. The van der Waals surface area contributed by atoms with Crippen molar-refractivity contribution in [1.82, 2.24) is 15.1 Å². The van der Waals surface area contributed by atoms with Crippen molar-refractivity contribution in [1.29, 1.82) is 0 Å². The summed E-state index contributed by atoms with van der Waals surface area (Å²) in [6.45, 7) is 3.43. The van der Waals surface area contributed by atoms with Gasteiger partial charge in [0.25, 0.3) is 0 Å². The van der Waals surface area contributed by atoms with Crippen molar-refractivity contribution in [2.75, 3.05) is 25.2 Å². The van der Waals surface area contributed by atoms with Gasteiger partial charge in [0.15, 0.2) is 0 Å². The van der Waals surface area contributed by atoms with Crippen molar-refractivity contribution in [3.63, 3.8) is 0 Å². The summed E-state index contributed by atoms with van der Waals surface area (Å²) >= 11 is 1.82. The van der Waals surface area contributed by atoms with Crippen LogP contribution in [0.1, 0.15) is 30.5 Å². The molecule has 6 heteroatoms. The molecule has 2 unspecified atom stereocenters. The lowest BCUT2D eigenvalue weighted by atomic mass is 10.0. The summed E-state index contributed by atoms with van der Waals surface area (Å²) in [5.74, 6) is 2.73. The molecule has 24 heavy (non-hydrogen) atoms. The molecule has 130 valence electrons. The van der Waals surface area contributed by atoms with Crippen LogP contribution in [0.2, 0.25) is 0 Å². The second kappa shape index (κ2) is 7.59. The number of nitrogens with one attached hydrogen (secondary N) is 1. The van der Waals surface area contributed by atoms with Crippen LogP contribution in [-0.4, -0.2) is 45.6 Å². The lowest BCUT2D eigenvalue weighted by Crippen LogP contribution is -2.41. The zero-order valence-electron chi connectivity index (χ0n) is 14.2. The maximum Gasteiger partial charge on any atom is 0.123 e. The average Bonchev–Trinajstić information content (AvgIpc) is 3.25. The molecule has 2 atom stereocenters. The van der Waals surface area contributed by atoms with Crippen molar-refractivity contribution in [3.8, 4) is 5.75 Å². The molecule has 1 saturated heterocycles. The molecule has 3 rings (SSSR count). The first-order chi connectivity index (χ1) is 11.6. The van der Waals surface area contributed by atoms with Crippen molar-refractivity contribution in [2.45, 2.75) is 31.5 Å². The molecule has 5 nitrogen and oxygen atoms in total. The predicted octanol–water partition coefficient (Wildman–Crippen LogP) is 2.46. The van der Waals surface area contributed by atoms with E-state index in [1.165, 1.54) is 5.56 Å². The molecule has 1 aromatic carbocycles. The number of methoxy groups -OCH3 is 1. The topological polar surface area (TPSA) is 59.3 Å². The highest BCUT2D eigenvalue weighted by Gasteiger charge is 2.31. The maximum atomic E-state index is 10.5. The van der Waals surface area contributed by atoms with Crippen LogP contribution in [0.4, 0.5) is 0 Å². The molecular formula is C18H25N3O2S. The molecule has 1 aliphatic rings. The summed E-state index contributed by atoms with van der Waals surface area (Å²) in [6.07, 6.45) is 4.59. The summed E-state index contributed by atoms with van der Waals surface area (Å²) in [6, 6.07) is 8.33. The fourth-order valence-corrected chi connectivity index (χ4v) is 4.25. The third-order valence-electron chi connectivity index (χ3n) is 4.52. The minimum absolute atomic E-state index is 0.168. The highest BCUT2D eigenvalue weighted by Crippen LogP contribution is 2.28. The zero-order chi connectivity index (χ0) is 17.0. The van der Waals surface area contributed by atoms with E-state index in [0.717, 1.165) is 29.2 Å². The average molecular weight is 347 g/mol. The molecule has 0 aliphatic carbocycles. The lowest BCUT2D eigenvalue weighted by Gasteiger charge is -2.25. The maximum absolute atomic E-state index is 10.5. The minimum atomic E-state index is -0.566. The van der Waals surface area contributed by atoms with Crippen LogP contribution in [0.5, 0.6) is 5.75 Å². The SMILES string of the molecule is COc1ccc(C(C)NCC2(O)CCSC2)cc1Cn1cccn1. The van der Waals surface area contributed by atoms with Gasteiger partial charge < -0.3 is 15.2 Å². The fraction of sp³-hybridized carbons (Fsp3) is 0.500. The van der Waals surface area contributed by atoms with E-state index < -0.39 is 5.60 Å². The Hall–Kier alpha value is -1.50. The Bertz CT molecular complexity index is 654. The number of hydrogen-bond acceptors (Lipinski definition) is 5. The van der Waals surface area contributed by atoms with Crippen molar-refractivity contribution < 1.29 is 9.84 Å². The second-order valence-electron chi connectivity index (χ2n) is 6.40. The monoisotopic (exact) mass is 347 g/mol. The molecule has 0 radical (unpaired) electrons. The summed E-state index contributed by atoms with van der Waals surface area (Å²) < 4.78 is 7.37. The van der Waals surface area contributed by atoms with E-state index in [-0.39, 0.29) is 6.04 Å². The molecule has 0 amide bonds. The van der Waals surface area contributed by atoms with E-state index in [1.54, 1.807) is 13.3 Å². The van der Waals surface area contributed by atoms with Gasteiger partial charge in [0.2, 0.25) is 0 Å². The third-order valence-corrected chi connectivity index (χ3v) is 5.75. The van der Waals surface area contributed by atoms with Crippen LogP contribution in [-0.2, 0) is 6.54 Å². The Morgan fingerprint density at radius 2 is 2.38 bits per heavy atom. The van der Waals surface area contributed by atoms with E-state index in [9.17, 15) is 5.11 Å². The summed E-state index contributed by atoms with van der Waals surface area (Å²) in [5, 5.41) is 18.2. The number of ether oxygens (including phenoxy) is 1. The number of hydrogen-bond donors (Lipinski definition) is 2. The van der Waals surface area contributed by atoms with Crippen molar-refractivity contribution >= 4 is 11.8 Å². The van der Waals surface area contributed by atoms with Crippen LogP contribution in [0, 0.1) is 0 Å². The molecule has 2 heterocycles. The van der Waals surface area contributed by atoms with Gasteiger partial charge in [-0.05, 0) is 42.9 Å². The Kier molecular flexibility index (Phi) is 5.48. The van der Waals surface area contributed by atoms with Crippen LogP contribution < -0.4 is 10.1 Å². The lowest BCUT2D eigenvalue weighted by molar-refractivity contribution is 0.0651. The Morgan fingerprint density at radius 3 is 3.04 bits per heavy atom. The predicted molar refractivity (Wildman–Crippen MR) is 97.6 cm³/mol. The number of rotatable bonds is 7. The molecule has 0 spiro atoms. The van der Waals surface area contributed by atoms with Crippen LogP contribution in [0.3, 0.4) is 0 Å². The van der Waals surface area contributed by atoms with Gasteiger partial charge in [-0.2, -0.15) is 16.9 Å². The largest absolute Gasteiger partial charge is 0.496 e. The molecule has 1 aromatic heterocycles. The van der Waals surface area contributed by atoms with Gasteiger partial charge in [-0.25, -0.2) is 0 Å². The highest BCUT2D eigenvalue weighted by molar-refractivity contribution is 7.99. The first-order valence-corrected chi connectivity index (χ1v) is 9.43. The Balaban J connectivity index is 1.70. The quantitative estimate of drug-likeness (QED) is 0.806. The van der Waals surface area contributed by atoms with E-state index in [2.05, 4.69) is 29.5 Å². The summed E-state index contributed by atoms with van der Waals surface area (Å²) in [4.78, 5) is 0. The van der Waals surface area contributed by atoms with Crippen LogP contribution in [0.15, 0.2) is 36.7 Å². The molecule has 2 aromatic rings. The van der Waals surface area contributed by atoms with Crippen LogP contribution in [0.25, 0.3) is 0 Å². The van der Waals surface area contributed by atoms with Gasteiger partial charge in [0, 0.05) is 36.3 Å². The second-order valence-corrected chi connectivity index (χ2v) is 7.51. The zero-order valence-corrected chi connectivity index (χ0v) is 15.1. The van der Waals surface area contributed by atoms with E-state index in [0.29, 0.717) is 13.1 Å². The number of aromatic nitrogens is 2. The van der Waals surface area contributed by atoms with Gasteiger partial charge >= 0.3 is 0 Å². The Morgan fingerprint density at radius 1 is 1.50 bits per heavy atom. The summed E-state index contributed by atoms with van der Waals surface area (Å²) in [7, 11) is 1.69. The fourth-order valence-electron chi connectivity index (χ4n) is 2.96. The highest BCUT2D eigenvalue weighted by atomic mass is 32.2. The van der Waals surface area contributed by atoms with Crippen molar-refractivity contribution in [2.24, 2.45) is 0 Å². The van der Waals surface area contributed by atoms with Gasteiger partial charge in [0.05, 0.1) is 19.3 Å². The minimum Gasteiger partial charge on any atom is -0.496 e. The van der Waals surface area contributed by atoms with E-state index in [1.807, 2.05) is 34.8 Å². The van der Waals surface area contributed by atoms with E-state index in [4.69, 9.17) is 4.74 Å². The standard InChI is InChI=1S/C18H25N3O2S/c1-14(19-12-18(22)6-9-24-13-18)15-4-5-17(23-2)16(10-15)11-21-8-3-7-20-21/h3-5,7-8,10,14,19,22H,6,9,11-13H2,1-2H3. The first-order valence-electron chi connectivity index (χ1n) is 8.27. The first kappa shape index (κ1) is 17.3. The van der Waals surface area contributed by atoms with Gasteiger partial charge in [0.1, 0.15) is 5.75 Å². The number of aliphatic hydroxyl groups is 1. The molecule has 1 fully saturated rings. The number of nitrogens with zero attached hydrogens (tertiary/aromatic N) is 2. The molecule has 1 aliphatic heterocycles. The van der Waals surface area contributed by atoms with Gasteiger partial charge in [-0.3, -0.25) is 4.68 Å². The smallest absolute Gasteiger partial charge is 0.123 e. The molecule has 2 N–H and O–H groups in total. The number of thioether (sulfide) groups is 1. The molecule has 0 saturated carbocycles. The molecular weight excluding hydrogens is 322 g/mol. The van der Waals surface area contributed by atoms with Crippen molar-refractivity contribution in [3.05, 3.63) is 47.8 Å². The third kappa shape index (κ3) is 4.12. The van der Waals surface area contributed by atoms with Crippen LogP contribution >= 0.6 is 11.8 Å². The molecule has 0 bridgehead atoms. The van der Waals surface area contributed by atoms with Gasteiger partial charge in [-0.15, -0.1) is 0 Å². The van der Waals surface area contributed by atoms with Gasteiger partial charge in [-0.1, -0.05) is 6.07 Å². The number of benzene rings is 1. The van der Waals surface area contributed by atoms with E-state index >= 15 is 0 Å². The Labute approximate surface area is 147 Å².